The molecule has 0 spiro atoms. The average molecular weight is 203 g/mol. The van der Waals surface area contributed by atoms with Crippen molar-refractivity contribution >= 4 is 10.9 Å². The number of fused-ring (bicyclic) bond motifs is 1. The zero-order valence-corrected chi connectivity index (χ0v) is 9.25. The van der Waals surface area contributed by atoms with E-state index in [1.165, 1.54) is 16.5 Å². The van der Waals surface area contributed by atoms with Gasteiger partial charge in [-0.2, -0.15) is 0 Å². The Morgan fingerprint density at radius 1 is 1.27 bits per heavy atom. The van der Waals surface area contributed by atoms with Crippen LogP contribution in [0.25, 0.3) is 10.9 Å². The summed E-state index contributed by atoms with van der Waals surface area (Å²) in [6.45, 7) is 0.967. The molecule has 3 nitrogen and oxygen atoms in total. The number of aromatic nitrogens is 1. The lowest BCUT2D eigenvalue weighted by Crippen LogP contribution is -2.31. The van der Waals surface area contributed by atoms with E-state index in [2.05, 4.69) is 40.9 Å². The van der Waals surface area contributed by atoms with E-state index in [1.807, 2.05) is 19.1 Å². The highest BCUT2D eigenvalue weighted by molar-refractivity contribution is 5.83. The molecule has 0 saturated heterocycles. The van der Waals surface area contributed by atoms with Gasteiger partial charge in [-0.25, -0.2) is 0 Å². The molecule has 0 atom stereocenters. The Morgan fingerprint density at radius 2 is 2.07 bits per heavy atom. The van der Waals surface area contributed by atoms with Gasteiger partial charge in [0.15, 0.2) is 0 Å². The molecule has 0 aliphatic carbocycles. The minimum atomic E-state index is 0.967. The van der Waals surface area contributed by atoms with Gasteiger partial charge in [-0.1, -0.05) is 18.2 Å². The van der Waals surface area contributed by atoms with Crippen LogP contribution in [0.2, 0.25) is 0 Å². The number of para-hydroxylation sites is 1. The van der Waals surface area contributed by atoms with E-state index in [0.29, 0.717) is 0 Å². The molecule has 0 amide bonds. The van der Waals surface area contributed by atoms with Crippen molar-refractivity contribution in [1.29, 1.82) is 0 Å². The number of benzene rings is 1. The summed E-state index contributed by atoms with van der Waals surface area (Å²) in [5.41, 5.74) is 5.86. The smallest absolute Gasteiger partial charge is 0.0456 e. The van der Waals surface area contributed by atoms with Gasteiger partial charge in [-0.15, -0.1) is 0 Å². The molecule has 15 heavy (non-hydrogen) atoms. The molecule has 0 radical (unpaired) electrons. The van der Waals surface area contributed by atoms with E-state index in [1.54, 1.807) is 0 Å². The third-order valence-corrected chi connectivity index (χ3v) is 2.50. The first-order chi connectivity index (χ1) is 7.27. The van der Waals surface area contributed by atoms with E-state index in [4.69, 9.17) is 0 Å². The van der Waals surface area contributed by atoms with Gasteiger partial charge in [-0.05, 0) is 18.1 Å². The Labute approximate surface area is 90.1 Å². The molecule has 0 bridgehead atoms. The number of hydrogen-bond donors (Lipinski definition) is 2. The molecule has 2 rings (SSSR count). The standard InChI is InChI=1S/C12H17N3/c1-15(2)14-8-7-10-9-13-12-6-4-3-5-11(10)12/h3-6,9,13-14H,7-8H2,1-2H3. The van der Waals surface area contributed by atoms with E-state index >= 15 is 0 Å². The maximum absolute atomic E-state index is 3.28. The fourth-order valence-electron chi connectivity index (χ4n) is 1.75. The molecule has 1 aromatic carbocycles. The van der Waals surface area contributed by atoms with Gasteiger partial charge in [-0.3, -0.25) is 10.4 Å². The van der Waals surface area contributed by atoms with Crippen LogP contribution in [0.1, 0.15) is 5.56 Å². The summed E-state index contributed by atoms with van der Waals surface area (Å²) in [6.07, 6.45) is 3.14. The molecular weight excluding hydrogens is 186 g/mol. The third-order valence-electron chi connectivity index (χ3n) is 2.50. The summed E-state index contributed by atoms with van der Waals surface area (Å²) in [6, 6.07) is 8.41. The Bertz CT molecular complexity index is 431. The molecule has 3 heteroatoms. The summed E-state index contributed by atoms with van der Waals surface area (Å²) in [7, 11) is 4.02. The Balaban J connectivity index is 2.08. The number of hydrogen-bond acceptors (Lipinski definition) is 2. The van der Waals surface area contributed by atoms with Crippen molar-refractivity contribution in [2.75, 3.05) is 20.6 Å². The molecule has 80 valence electrons. The largest absolute Gasteiger partial charge is 0.361 e. The van der Waals surface area contributed by atoms with E-state index in [-0.39, 0.29) is 0 Å². The molecule has 0 fully saturated rings. The highest BCUT2D eigenvalue weighted by atomic mass is 15.5. The first kappa shape index (κ1) is 10.2. The first-order valence-electron chi connectivity index (χ1n) is 5.23. The van der Waals surface area contributed by atoms with Crippen LogP contribution >= 0.6 is 0 Å². The van der Waals surface area contributed by atoms with Gasteiger partial charge >= 0.3 is 0 Å². The highest BCUT2D eigenvalue weighted by Gasteiger charge is 2.01. The molecule has 0 saturated carbocycles. The summed E-state index contributed by atoms with van der Waals surface area (Å²) in [5.74, 6) is 0. The van der Waals surface area contributed by atoms with Crippen molar-refractivity contribution in [1.82, 2.24) is 15.4 Å². The van der Waals surface area contributed by atoms with Crippen LogP contribution in [-0.2, 0) is 6.42 Å². The fourth-order valence-corrected chi connectivity index (χ4v) is 1.75. The minimum absolute atomic E-state index is 0.967. The average Bonchev–Trinajstić information content (AvgIpc) is 2.62. The normalized spacial score (nSPS) is 11.4. The van der Waals surface area contributed by atoms with Crippen LogP contribution in [0.4, 0.5) is 0 Å². The number of rotatable bonds is 4. The molecule has 2 N–H and O–H groups in total. The fraction of sp³-hybridized carbons (Fsp3) is 0.333. The lowest BCUT2D eigenvalue weighted by atomic mass is 10.1. The van der Waals surface area contributed by atoms with Crippen molar-refractivity contribution in [2.24, 2.45) is 0 Å². The van der Waals surface area contributed by atoms with E-state index in [0.717, 1.165) is 13.0 Å². The van der Waals surface area contributed by atoms with Gasteiger partial charge in [0.05, 0.1) is 0 Å². The zero-order chi connectivity index (χ0) is 10.7. The molecule has 0 aliphatic heterocycles. The number of hydrazine groups is 1. The molecule has 1 aromatic heterocycles. The Hall–Kier alpha value is -1.32. The second-order valence-corrected chi connectivity index (χ2v) is 3.91. The SMILES string of the molecule is CN(C)NCCc1c[nH]c2ccccc12. The Kier molecular flexibility index (Phi) is 3.04. The highest BCUT2D eigenvalue weighted by Crippen LogP contribution is 2.17. The molecule has 1 heterocycles. The van der Waals surface area contributed by atoms with Crippen molar-refractivity contribution < 1.29 is 0 Å². The Morgan fingerprint density at radius 3 is 2.87 bits per heavy atom. The zero-order valence-electron chi connectivity index (χ0n) is 9.25. The number of H-pyrrole nitrogens is 1. The monoisotopic (exact) mass is 203 g/mol. The van der Waals surface area contributed by atoms with Gasteiger partial charge in [0.25, 0.3) is 0 Å². The first-order valence-corrected chi connectivity index (χ1v) is 5.23. The molecular formula is C12H17N3. The summed E-state index contributed by atoms with van der Waals surface area (Å²) in [5, 5.41) is 3.31. The van der Waals surface area contributed by atoms with Gasteiger partial charge < -0.3 is 4.98 Å². The van der Waals surface area contributed by atoms with Crippen LogP contribution in [0.3, 0.4) is 0 Å². The van der Waals surface area contributed by atoms with Crippen LogP contribution in [-0.4, -0.2) is 30.6 Å². The van der Waals surface area contributed by atoms with Crippen molar-refractivity contribution in [3.8, 4) is 0 Å². The van der Waals surface area contributed by atoms with Crippen LogP contribution in [0.5, 0.6) is 0 Å². The van der Waals surface area contributed by atoms with Crippen molar-refractivity contribution in [3.63, 3.8) is 0 Å². The summed E-state index contributed by atoms with van der Waals surface area (Å²) < 4.78 is 0. The predicted molar refractivity (Wildman–Crippen MR) is 63.7 cm³/mol. The van der Waals surface area contributed by atoms with E-state index in [9.17, 15) is 0 Å². The van der Waals surface area contributed by atoms with Crippen molar-refractivity contribution in [3.05, 3.63) is 36.0 Å². The lowest BCUT2D eigenvalue weighted by Gasteiger charge is -2.10. The topological polar surface area (TPSA) is 31.1 Å². The number of aromatic amines is 1. The van der Waals surface area contributed by atoms with Gasteiger partial charge in [0, 0.05) is 37.7 Å². The summed E-state index contributed by atoms with van der Waals surface area (Å²) >= 11 is 0. The van der Waals surface area contributed by atoms with Crippen LogP contribution < -0.4 is 5.43 Å². The van der Waals surface area contributed by atoms with Crippen molar-refractivity contribution in [2.45, 2.75) is 6.42 Å². The quantitative estimate of drug-likeness (QED) is 0.742. The molecule has 2 aromatic rings. The van der Waals surface area contributed by atoms with Gasteiger partial charge in [0.1, 0.15) is 0 Å². The lowest BCUT2D eigenvalue weighted by molar-refractivity contribution is 0.292. The maximum Gasteiger partial charge on any atom is 0.0456 e. The van der Waals surface area contributed by atoms with Gasteiger partial charge in [0.2, 0.25) is 0 Å². The van der Waals surface area contributed by atoms with Crippen LogP contribution in [0, 0.1) is 0 Å². The molecule has 0 unspecified atom stereocenters. The predicted octanol–water partition coefficient (Wildman–Crippen LogP) is 1.78. The molecule has 0 aliphatic rings. The second kappa shape index (κ2) is 4.47. The second-order valence-electron chi connectivity index (χ2n) is 3.91. The number of nitrogens with one attached hydrogen (secondary N) is 2. The maximum atomic E-state index is 3.28. The summed E-state index contributed by atoms with van der Waals surface area (Å²) in [4.78, 5) is 3.28. The minimum Gasteiger partial charge on any atom is -0.361 e. The number of nitrogens with zero attached hydrogens (tertiary/aromatic N) is 1. The van der Waals surface area contributed by atoms with Crippen LogP contribution in [0.15, 0.2) is 30.5 Å². The third kappa shape index (κ3) is 2.37. The van der Waals surface area contributed by atoms with E-state index < -0.39 is 0 Å².